The summed E-state index contributed by atoms with van der Waals surface area (Å²) >= 11 is 1.55. The van der Waals surface area contributed by atoms with Crippen molar-refractivity contribution in [2.24, 2.45) is 12.2 Å². The van der Waals surface area contributed by atoms with Crippen LogP contribution >= 0.6 is 11.3 Å². The van der Waals surface area contributed by atoms with Crippen LogP contribution in [-0.2, 0) is 17.1 Å². The molecule has 0 fully saturated rings. The molecule has 1 atom stereocenters. The lowest BCUT2D eigenvalue weighted by molar-refractivity contribution is 0.0744. The molecule has 0 spiro atoms. The average molecular weight is 470 g/mol. The summed E-state index contributed by atoms with van der Waals surface area (Å²) in [5.74, 6) is -0.209. The van der Waals surface area contributed by atoms with E-state index in [0.29, 0.717) is 33.5 Å². The van der Waals surface area contributed by atoms with Crippen molar-refractivity contribution < 1.29 is 13.2 Å². The Labute approximate surface area is 190 Å². The normalized spacial score (nSPS) is 12.8. The van der Waals surface area contributed by atoms with Crippen LogP contribution in [0.2, 0.25) is 0 Å². The van der Waals surface area contributed by atoms with Crippen molar-refractivity contribution in [1.82, 2.24) is 19.7 Å². The summed E-state index contributed by atoms with van der Waals surface area (Å²) in [6.45, 7) is 3.69. The number of pyridine rings is 1. The monoisotopic (exact) mass is 469 g/mol. The molecule has 1 unspecified atom stereocenters. The number of hydrogen-bond donors (Lipinski definition) is 1. The van der Waals surface area contributed by atoms with Gasteiger partial charge in [0.05, 0.1) is 38.2 Å². The van der Waals surface area contributed by atoms with Crippen LogP contribution in [0.25, 0.3) is 21.6 Å². The lowest BCUT2D eigenvalue weighted by atomic mass is 10.0. The molecule has 8 nitrogen and oxygen atoms in total. The summed E-state index contributed by atoms with van der Waals surface area (Å²) in [4.78, 5) is 21.0. The SMILES string of the molecule is Cc1nn(C)c2nc(-c3cccs3)cc(C(=O)N(C)C(C)c3cccc(S(N)(=O)=O)c3)c12. The van der Waals surface area contributed by atoms with E-state index >= 15 is 0 Å². The molecule has 10 heteroatoms. The topological polar surface area (TPSA) is 111 Å². The molecular weight excluding hydrogens is 446 g/mol. The fourth-order valence-electron chi connectivity index (χ4n) is 3.70. The van der Waals surface area contributed by atoms with Crippen LogP contribution in [0, 0.1) is 6.92 Å². The van der Waals surface area contributed by atoms with Crippen LogP contribution in [0.15, 0.2) is 52.7 Å². The van der Waals surface area contributed by atoms with E-state index in [1.807, 2.05) is 31.4 Å². The van der Waals surface area contributed by atoms with E-state index in [1.54, 1.807) is 53.2 Å². The van der Waals surface area contributed by atoms with Crippen molar-refractivity contribution in [3.05, 3.63) is 64.7 Å². The number of aromatic nitrogens is 3. The minimum atomic E-state index is -3.84. The Morgan fingerprint density at radius 3 is 2.62 bits per heavy atom. The van der Waals surface area contributed by atoms with Crippen molar-refractivity contribution in [2.45, 2.75) is 24.8 Å². The number of amides is 1. The van der Waals surface area contributed by atoms with Crippen LogP contribution in [0.5, 0.6) is 0 Å². The summed E-state index contributed by atoms with van der Waals surface area (Å²) in [6, 6.07) is 11.6. The van der Waals surface area contributed by atoms with Crippen molar-refractivity contribution in [3.63, 3.8) is 0 Å². The van der Waals surface area contributed by atoms with Gasteiger partial charge in [-0.1, -0.05) is 18.2 Å². The van der Waals surface area contributed by atoms with Gasteiger partial charge in [-0.15, -0.1) is 11.3 Å². The molecule has 0 aliphatic rings. The number of carbonyl (C=O) groups is 1. The third-order valence-electron chi connectivity index (χ3n) is 5.54. The first kappa shape index (κ1) is 22.1. The number of hydrogen-bond acceptors (Lipinski definition) is 6. The highest BCUT2D eigenvalue weighted by Crippen LogP contribution is 2.31. The van der Waals surface area contributed by atoms with Gasteiger partial charge in [-0.3, -0.25) is 9.48 Å². The van der Waals surface area contributed by atoms with Crippen LogP contribution in [0.1, 0.15) is 34.6 Å². The number of aryl methyl sites for hydroxylation is 2. The Morgan fingerprint density at radius 2 is 1.97 bits per heavy atom. The van der Waals surface area contributed by atoms with Gasteiger partial charge in [-0.2, -0.15) is 5.10 Å². The highest BCUT2D eigenvalue weighted by Gasteiger charge is 2.25. The number of nitrogens with zero attached hydrogens (tertiary/aromatic N) is 4. The summed E-state index contributed by atoms with van der Waals surface area (Å²) in [7, 11) is -0.342. The second-order valence-electron chi connectivity index (χ2n) is 7.65. The maximum atomic E-state index is 13.7. The summed E-state index contributed by atoms with van der Waals surface area (Å²) in [6.07, 6.45) is 0. The van der Waals surface area contributed by atoms with Gasteiger partial charge >= 0.3 is 0 Å². The highest BCUT2D eigenvalue weighted by atomic mass is 32.2. The molecule has 166 valence electrons. The molecule has 4 rings (SSSR count). The molecule has 1 amide bonds. The lowest BCUT2D eigenvalue weighted by Gasteiger charge is -2.26. The van der Waals surface area contributed by atoms with Crippen molar-refractivity contribution >= 4 is 38.3 Å². The molecule has 3 aromatic heterocycles. The summed E-state index contributed by atoms with van der Waals surface area (Å²) in [5, 5.41) is 12.4. The van der Waals surface area contributed by atoms with Gasteiger partial charge in [0.25, 0.3) is 5.91 Å². The number of primary sulfonamides is 1. The number of nitrogens with two attached hydrogens (primary N) is 1. The number of thiophene rings is 1. The third-order valence-corrected chi connectivity index (χ3v) is 7.35. The van der Waals surface area contributed by atoms with Gasteiger partial charge < -0.3 is 4.90 Å². The molecule has 0 aliphatic heterocycles. The van der Waals surface area contributed by atoms with Crippen LogP contribution < -0.4 is 5.14 Å². The Bertz CT molecular complexity index is 1430. The van der Waals surface area contributed by atoms with Crippen LogP contribution in [-0.4, -0.2) is 41.0 Å². The van der Waals surface area contributed by atoms with E-state index < -0.39 is 16.1 Å². The maximum Gasteiger partial charge on any atom is 0.254 e. The van der Waals surface area contributed by atoms with Crippen molar-refractivity contribution in [3.8, 4) is 10.6 Å². The molecule has 1 aromatic carbocycles. The molecule has 0 aliphatic carbocycles. The van der Waals surface area contributed by atoms with E-state index in [0.717, 1.165) is 4.88 Å². The predicted octanol–water partition coefficient (Wildman–Crippen LogP) is 3.49. The number of benzene rings is 1. The largest absolute Gasteiger partial charge is 0.335 e. The standard InChI is InChI=1S/C22H23N5O3S2/c1-13-20-17(12-18(19-9-6-10-31-19)24-21(20)27(4)25-13)22(28)26(3)14(2)15-7-5-8-16(11-15)32(23,29)30/h5-12,14H,1-4H3,(H2,23,29,30). The second-order valence-corrected chi connectivity index (χ2v) is 10.2. The molecule has 32 heavy (non-hydrogen) atoms. The average Bonchev–Trinajstić information content (AvgIpc) is 3.40. The molecule has 0 saturated carbocycles. The zero-order valence-electron chi connectivity index (χ0n) is 18.1. The van der Waals surface area contributed by atoms with Crippen LogP contribution in [0.3, 0.4) is 0 Å². The van der Waals surface area contributed by atoms with Crippen molar-refractivity contribution in [2.75, 3.05) is 7.05 Å². The number of fused-ring (bicyclic) bond motifs is 1. The Kier molecular flexibility index (Phi) is 5.61. The fraction of sp³-hybridized carbons (Fsp3) is 0.227. The molecule has 0 bridgehead atoms. The zero-order valence-corrected chi connectivity index (χ0v) is 19.7. The van der Waals surface area contributed by atoms with Crippen LogP contribution in [0.4, 0.5) is 0 Å². The van der Waals surface area contributed by atoms with E-state index in [4.69, 9.17) is 10.1 Å². The van der Waals surface area contributed by atoms with E-state index in [-0.39, 0.29) is 10.8 Å². The van der Waals surface area contributed by atoms with E-state index in [1.165, 1.54) is 12.1 Å². The van der Waals surface area contributed by atoms with Gasteiger partial charge in [0, 0.05) is 14.1 Å². The quantitative estimate of drug-likeness (QED) is 0.481. The molecule has 0 radical (unpaired) electrons. The van der Waals surface area contributed by atoms with Gasteiger partial charge in [-0.25, -0.2) is 18.5 Å². The Balaban J connectivity index is 1.79. The highest BCUT2D eigenvalue weighted by molar-refractivity contribution is 7.89. The minimum Gasteiger partial charge on any atom is -0.335 e. The maximum absolute atomic E-state index is 13.7. The lowest BCUT2D eigenvalue weighted by Crippen LogP contribution is -2.30. The second kappa shape index (κ2) is 8.12. The Morgan fingerprint density at radius 1 is 1.22 bits per heavy atom. The van der Waals surface area contributed by atoms with Gasteiger partial charge in [0.1, 0.15) is 0 Å². The summed E-state index contributed by atoms with van der Waals surface area (Å²) < 4.78 is 25.2. The van der Waals surface area contributed by atoms with Gasteiger partial charge in [-0.05, 0) is 49.1 Å². The third kappa shape index (κ3) is 3.92. The molecular formula is C22H23N5O3S2. The molecule has 4 aromatic rings. The molecule has 2 N–H and O–H groups in total. The van der Waals surface area contributed by atoms with Gasteiger partial charge in [0.2, 0.25) is 10.0 Å². The smallest absolute Gasteiger partial charge is 0.254 e. The first-order valence-electron chi connectivity index (χ1n) is 9.86. The molecule has 3 heterocycles. The zero-order chi connectivity index (χ0) is 23.2. The van der Waals surface area contributed by atoms with Gasteiger partial charge in [0.15, 0.2) is 5.65 Å². The number of carbonyl (C=O) groups excluding carboxylic acids is 1. The minimum absolute atomic E-state index is 0.0112. The molecule has 0 saturated heterocycles. The summed E-state index contributed by atoms with van der Waals surface area (Å²) in [5.41, 5.74) is 3.22. The van der Waals surface area contributed by atoms with E-state index in [2.05, 4.69) is 5.10 Å². The predicted molar refractivity (Wildman–Crippen MR) is 125 cm³/mol. The first-order chi connectivity index (χ1) is 15.1. The van der Waals surface area contributed by atoms with E-state index in [9.17, 15) is 13.2 Å². The first-order valence-corrected chi connectivity index (χ1v) is 12.3. The number of rotatable bonds is 5. The number of sulfonamides is 1. The fourth-order valence-corrected chi connectivity index (χ4v) is 4.96. The van der Waals surface area contributed by atoms with Crippen molar-refractivity contribution in [1.29, 1.82) is 0 Å². The Hall–Kier alpha value is -3.08.